The Morgan fingerprint density at radius 2 is 2.08 bits per heavy atom. The molecule has 1 fully saturated rings. The molecule has 2 heteroatoms. The lowest BCUT2D eigenvalue weighted by Gasteiger charge is -2.19. The monoisotopic (exact) mass is 171 g/mol. The van der Waals surface area contributed by atoms with Crippen LogP contribution in [0.2, 0.25) is 0 Å². The number of hydrogen-bond donors (Lipinski definition) is 2. The minimum absolute atomic E-state index is 0.309. The smallest absolute Gasteiger partial charge is 0.0443 e. The van der Waals surface area contributed by atoms with E-state index in [-0.39, 0.29) is 0 Å². The molecule has 1 aliphatic carbocycles. The van der Waals surface area contributed by atoms with Crippen molar-refractivity contribution in [2.75, 3.05) is 13.2 Å². The molecule has 3 unspecified atom stereocenters. The summed E-state index contributed by atoms with van der Waals surface area (Å²) in [5.41, 5.74) is 0. The third-order valence-corrected chi connectivity index (χ3v) is 3.21. The molecule has 0 saturated heterocycles. The Morgan fingerprint density at radius 3 is 2.58 bits per heavy atom. The van der Waals surface area contributed by atoms with Gasteiger partial charge >= 0.3 is 0 Å². The highest BCUT2D eigenvalue weighted by Crippen LogP contribution is 2.30. The van der Waals surface area contributed by atoms with Crippen molar-refractivity contribution in [3.63, 3.8) is 0 Å². The van der Waals surface area contributed by atoms with E-state index in [0.717, 1.165) is 24.8 Å². The van der Waals surface area contributed by atoms with Crippen molar-refractivity contribution in [1.82, 2.24) is 5.32 Å². The summed E-state index contributed by atoms with van der Waals surface area (Å²) in [6, 6.07) is 0.701. The van der Waals surface area contributed by atoms with Crippen LogP contribution in [0.3, 0.4) is 0 Å². The zero-order chi connectivity index (χ0) is 8.97. The van der Waals surface area contributed by atoms with E-state index >= 15 is 0 Å². The molecular weight excluding hydrogens is 150 g/mol. The minimum atomic E-state index is 0.309. The number of aliphatic hydroxyl groups excluding tert-OH is 1. The fraction of sp³-hybridized carbons (Fsp3) is 1.00. The standard InChI is InChI=1S/C10H21NO/c1-8-4-5-10(9(8)2)11-6-3-7-12/h8-12H,3-7H2,1-2H3. The first-order chi connectivity index (χ1) is 5.75. The van der Waals surface area contributed by atoms with Gasteiger partial charge in [0, 0.05) is 12.6 Å². The molecule has 12 heavy (non-hydrogen) atoms. The van der Waals surface area contributed by atoms with Crippen molar-refractivity contribution in [1.29, 1.82) is 0 Å². The van der Waals surface area contributed by atoms with Gasteiger partial charge in [0.2, 0.25) is 0 Å². The second kappa shape index (κ2) is 4.83. The van der Waals surface area contributed by atoms with Crippen LogP contribution in [-0.4, -0.2) is 24.3 Å². The molecule has 1 aliphatic rings. The molecule has 0 aliphatic heterocycles. The highest BCUT2D eigenvalue weighted by Gasteiger charge is 2.28. The zero-order valence-corrected chi connectivity index (χ0v) is 8.21. The first-order valence-electron chi connectivity index (χ1n) is 5.10. The van der Waals surface area contributed by atoms with Gasteiger partial charge in [0.25, 0.3) is 0 Å². The molecular formula is C10H21NO. The normalized spacial score (nSPS) is 35.8. The zero-order valence-electron chi connectivity index (χ0n) is 8.21. The second-order valence-corrected chi connectivity index (χ2v) is 4.05. The number of nitrogens with one attached hydrogen (secondary N) is 1. The van der Waals surface area contributed by atoms with Crippen LogP contribution in [-0.2, 0) is 0 Å². The van der Waals surface area contributed by atoms with E-state index in [2.05, 4.69) is 19.2 Å². The minimum Gasteiger partial charge on any atom is -0.396 e. The van der Waals surface area contributed by atoms with E-state index in [1.54, 1.807) is 0 Å². The van der Waals surface area contributed by atoms with E-state index in [1.165, 1.54) is 12.8 Å². The van der Waals surface area contributed by atoms with Gasteiger partial charge in [-0.15, -0.1) is 0 Å². The second-order valence-electron chi connectivity index (χ2n) is 4.05. The van der Waals surface area contributed by atoms with E-state index in [4.69, 9.17) is 5.11 Å². The summed E-state index contributed by atoms with van der Waals surface area (Å²) in [5.74, 6) is 1.68. The molecule has 0 amide bonds. The first kappa shape index (κ1) is 10.0. The Bertz CT molecular complexity index is 127. The summed E-state index contributed by atoms with van der Waals surface area (Å²) in [7, 11) is 0. The summed E-state index contributed by atoms with van der Waals surface area (Å²) in [5, 5.41) is 12.1. The maximum absolute atomic E-state index is 8.62. The van der Waals surface area contributed by atoms with E-state index in [0.29, 0.717) is 12.6 Å². The highest BCUT2D eigenvalue weighted by molar-refractivity contribution is 4.84. The van der Waals surface area contributed by atoms with Gasteiger partial charge < -0.3 is 10.4 Å². The molecule has 0 radical (unpaired) electrons. The molecule has 3 atom stereocenters. The van der Waals surface area contributed by atoms with Gasteiger partial charge in [0.1, 0.15) is 0 Å². The predicted octanol–water partition coefficient (Wildman–Crippen LogP) is 1.39. The lowest BCUT2D eigenvalue weighted by molar-refractivity contribution is 0.278. The first-order valence-corrected chi connectivity index (χ1v) is 5.10. The maximum atomic E-state index is 8.62. The van der Waals surface area contributed by atoms with Gasteiger partial charge in [0.15, 0.2) is 0 Å². The fourth-order valence-electron chi connectivity index (χ4n) is 2.02. The van der Waals surface area contributed by atoms with Crippen LogP contribution >= 0.6 is 0 Å². The van der Waals surface area contributed by atoms with E-state index in [9.17, 15) is 0 Å². The van der Waals surface area contributed by atoms with Crippen molar-refractivity contribution in [2.24, 2.45) is 11.8 Å². The summed E-state index contributed by atoms with van der Waals surface area (Å²) < 4.78 is 0. The summed E-state index contributed by atoms with van der Waals surface area (Å²) >= 11 is 0. The largest absolute Gasteiger partial charge is 0.396 e. The lowest BCUT2D eigenvalue weighted by Crippen LogP contribution is -2.33. The van der Waals surface area contributed by atoms with Crippen LogP contribution in [0.15, 0.2) is 0 Å². The van der Waals surface area contributed by atoms with Gasteiger partial charge in [0.05, 0.1) is 0 Å². The van der Waals surface area contributed by atoms with Gasteiger partial charge in [-0.3, -0.25) is 0 Å². The average Bonchev–Trinajstić information content (AvgIpc) is 2.36. The Hall–Kier alpha value is -0.0800. The molecule has 72 valence electrons. The van der Waals surface area contributed by atoms with Crippen LogP contribution in [0.25, 0.3) is 0 Å². The summed E-state index contributed by atoms with van der Waals surface area (Å²) in [4.78, 5) is 0. The SMILES string of the molecule is CC1CCC(NCCCO)C1C. The van der Waals surface area contributed by atoms with Crippen molar-refractivity contribution < 1.29 is 5.11 Å². The Labute approximate surface area is 75.4 Å². The van der Waals surface area contributed by atoms with Crippen molar-refractivity contribution in [2.45, 2.75) is 39.2 Å². The molecule has 0 spiro atoms. The maximum Gasteiger partial charge on any atom is 0.0443 e. The van der Waals surface area contributed by atoms with Crippen molar-refractivity contribution in [3.05, 3.63) is 0 Å². The topological polar surface area (TPSA) is 32.3 Å². The molecule has 2 N–H and O–H groups in total. The fourth-order valence-corrected chi connectivity index (χ4v) is 2.02. The van der Waals surface area contributed by atoms with Crippen LogP contribution in [0.4, 0.5) is 0 Å². The average molecular weight is 171 g/mol. The Balaban J connectivity index is 2.16. The van der Waals surface area contributed by atoms with Crippen LogP contribution in [0.1, 0.15) is 33.1 Å². The van der Waals surface area contributed by atoms with Crippen molar-refractivity contribution in [3.8, 4) is 0 Å². The third-order valence-electron chi connectivity index (χ3n) is 3.21. The molecule has 2 nitrogen and oxygen atoms in total. The van der Waals surface area contributed by atoms with Gasteiger partial charge in [-0.05, 0) is 37.6 Å². The molecule has 1 rings (SSSR count). The quantitative estimate of drug-likeness (QED) is 0.627. The van der Waals surface area contributed by atoms with Gasteiger partial charge in [-0.2, -0.15) is 0 Å². The highest BCUT2D eigenvalue weighted by atomic mass is 16.3. The van der Waals surface area contributed by atoms with Crippen molar-refractivity contribution >= 4 is 0 Å². The number of aliphatic hydroxyl groups is 1. The van der Waals surface area contributed by atoms with E-state index < -0.39 is 0 Å². The van der Waals surface area contributed by atoms with Crippen LogP contribution < -0.4 is 5.32 Å². The number of rotatable bonds is 4. The van der Waals surface area contributed by atoms with E-state index in [1.807, 2.05) is 0 Å². The summed E-state index contributed by atoms with van der Waals surface area (Å²) in [6.45, 7) is 5.94. The Morgan fingerprint density at radius 1 is 1.33 bits per heavy atom. The van der Waals surface area contributed by atoms with Crippen LogP contribution in [0, 0.1) is 11.8 Å². The third kappa shape index (κ3) is 2.46. The molecule has 0 aromatic heterocycles. The van der Waals surface area contributed by atoms with Gasteiger partial charge in [-0.25, -0.2) is 0 Å². The molecule has 0 bridgehead atoms. The molecule has 0 aromatic carbocycles. The molecule has 0 aromatic rings. The molecule has 1 saturated carbocycles. The summed E-state index contributed by atoms with van der Waals surface area (Å²) in [6.07, 6.45) is 3.56. The predicted molar refractivity (Wildman–Crippen MR) is 51.1 cm³/mol. The number of hydrogen-bond acceptors (Lipinski definition) is 2. The Kier molecular flexibility index (Phi) is 4.02. The molecule has 0 heterocycles. The van der Waals surface area contributed by atoms with Crippen LogP contribution in [0.5, 0.6) is 0 Å². The van der Waals surface area contributed by atoms with Gasteiger partial charge in [-0.1, -0.05) is 13.8 Å². The lowest BCUT2D eigenvalue weighted by atomic mass is 9.98.